The van der Waals surface area contributed by atoms with E-state index in [9.17, 15) is 0 Å². The molecule has 0 N–H and O–H groups in total. The smallest absolute Gasteiger partial charge is 0.147 e. The number of rotatable bonds is 0. The largest absolute Gasteiger partial charge is 0.147 e. The average Bonchev–Trinajstić information content (AvgIpc) is 2.28. The molecule has 0 amide bonds. The van der Waals surface area contributed by atoms with Crippen molar-refractivity contribution in [3.8, 4) is 0 Å². The van der Waals surface area contributed by atoms with Gasteiger partial charge in [-0.05, 0) is 0 Å². The third-order valence-corrected chi connectivity index (χ3v) is 6.30. The van der Waals surface area contributed by atoms with Gasteiger partial charge in [0.2, 0.25) is 0 Å². The molecule has 0 spiro atoms. The van der Waals surface area contributed by atoms with E-state index in [0.29, 0.717) is 0 Å². The molecule has 0 unspecified atom stereocenters. The van der Waals surface area contributed by atoms with Crippen LogP contribution in [0.1, 0.15) is 11.1 Å². The summed E-state index contributed by atoms with van der Waals surface area (Å²) in [5.41, 5.74) is 5.54. The summed E-state index contributed by atoms with van der Waals surface area (Å²) in [6.45, 7) is 4.36. The first-order valence-corrected chi connectivity index (χ1v) is 8.11. The molecule has 0 radical (unpaired) electrons. The van der Waals surface area contributed by atoms with E-state index in [1.165, 1.54) is 22.5 Å². The van der Waals surface area contributed by atoms with Crippen molar-refractivity contribution in [2.75, 3.05) is 11.9 Å². The first-order chi connectivity index (χ1) is 8.15. The van der Waals surface area contributed by atoms with Crippen LogP contribution >= 0.6 is 24.8 Å². The normalized spacial score (nSPS) is 11.8. The van der Waals surface area contributed by atoms with Gasteiger partial charge in [-0.2, -0.15) is 0 Å². The van der Waals surface area contributed by atoms with Crippen molar-refractivity contribution in [1.29, 1.82) is 0 Å². The second kappa shape index (κ2) is 6.37. The van der Waals surface area contributed by atoms with Crippen LogP contribution in [0.5, 0.6) is 0 Å². The summed E-state index contributed by atoms with van der Waals surface area (Å²) < 4.78 is 3.13. The number of aryl methyl sites for hydroxylation is 2. The Morgan fingerprint density at radius 1 is 0.789 bits per heavy atom. The Kier molecular flexibility index (Phi) is 5.59. The first-order valence-electron chi connectivity index (χ1n) is 5.78. The Hall–Kier alpha value is -0.390. The zero-order chi connectivity index (χ0) is 12.0. The van der Waals surface area contributed by atoms with Crippen LogP contribution in [0.4, 0.5) is 11.4 Å². The maximum atomic E-state index is 2.36. The molecule has 0 aromatic heterocycles. The minimum absolute atomic E-state index is 0. The van der Waals surface area contributed by atoms with Crippen molar-refractivity contribution in [2.24, 2.45) is 0 Å². The molecular weight excluding hydrogens is 393 g/mol. The minimum atomic E-state index is -0.224. The number of halogens is 2. The molecule has 0 fully saturated rings. The zero-order valence-corrected chi connectivity index (χ0v) is 15.1. The summed E-state index contributed by atoms with van der Waals surface area (Å²) in [5.74, 6) is 0. The van der Waals surface area contributed by atoms with E-state index in [-0.39, 0.29) is 45.7 Å². The molecule has 0 atom stereocenters. The molecule has 3 rings (SSSR count). The Morgan fingerprint density at radius 2 is 1.21 bits per heavy atom. The van der Waals surface area contributed by atoms with Crippen LogP contribution in [-0.2, 0) is 0 Å². The average molecular weight is 410 g/mol. The van der Waals surface area contributed by atoms with Gasteiger partial charge in [0.15, 0.2) is 0 Å². The Labute approximate surface area is 137 Å². The van der Waals surface area contributed by atoms with Gasteiger partial charge in [0.05, 0.1) is 0 Å². The fourth-order valence-corrected chi connectivity index (χ4v) is 6.05. The number of benzene rings is 2. The number of hydrogen-bond acceptors (Lipinski definition) is 1. The maximum absolute atomic E-state index is 2.36. The molecular formula is C15H17Cl2NTe. The standard InChI is InChI=1S/C15H15NTe.2ClH/c1-10-4-6-12-14(8-10)17-15-9-11(2)5-7-13(15)16(12)3;;/h4-9H,1-3H3;2*1H. The maximum Gasteiger partial charge on any atom is -0.147 e. The topological polar surface area (TPSA) is 3.24 Å². The summed E-state index contributed by atoms with van der Waals surface area (Å²) in [6, 6.07) is 13.7. The van der Waals surface area contributed by atoms with Crippen LogP contribution in [0, 0.1) is 13.8 Å². The minimum Gasteiger partial charge on any atom is -0.147 e. The third-order valence-electron chi connectivity index (χ3n) is 3.17. The zero-order valence-electron chi connectivity index (χ0n) is 11.1. The molecule has 1 heterocycles. The van der Waals surface area contributed by atoms with Gasteiger partial charge in [-0.25, -0.2) is 0 Å². The van der Waals surface area contributed by atoms with Gasteiger partial charge in [0.25, 0.3) is 0 Å². The molecule has 19 heavy (non-hydrogen) atoms. The van der Waals surface area contributed by atoms with Gasteiger partial charge in [-0.3, -0.25) is 0 Å². The second-order valence-corrected chi connectivity index (χ2v) is 7.70. The van der Waals surface area contributed by atoms with Crippen molar-refractivity contribution in [2.45, 2.75) is 13.8 Å². The van der Waals surface area contributed by atoms with Crippen LogP contribution in [0.2, 0.25) is 0 Å². The number of nitrogens with zero attached hydrogens (tertiary/aromatic N) is 1. The summed E-state index contributed by atoms with van der Waals surface area (Å²) in [6.07, 6.45) is 0. The predicted molar refractivity (Wildman–Crippen MR) is 89.9 cm³/mol. The summed E-state index contributed by atoms with van der Waals surface area (Å²) in [7, 11) is 2.18. The summed E-state index contributed by atoms with van der Waals surface area (Å²) in [4.78, 5) is 2.33. The predicted octanol–water partition coefficient (Wildman–Crippen LogP) is 2.88. The molecule has 2 aromatic carbocycles. The van der Waals surface area contributed by atoms with Gasteiger partial charge < -0.3 is 0 Å². The summed E-state index contributed by atoms with van der Waals surface area (Å²) >= 11 is -0.224. The molecule has 2 aromatic rings. The Bertz CT molecular complexity index is 547. The van der Waals surface area contributed by atoms with Crippen LogP contribution in [0.3, 0.4) is 0 Å². The van der Waals surface area contributed by atoms with Crippen molar-refractivity contribution < 1.29 is 0 Å². The monoisotopic (exact) mass is 411 g/mol. The third kappa shape index (κ3) is 3.03. The van der Waals surface area contributed by atoms with E-state index in [1.807, 2.05) is 0 Å². The molecule has 1 aliphatic heterocycles. The Balaban J connectivity index is 0.000000902. The van der Waals surface area contributed by atoms with Crippen LogP contribution in [0.15, 0.2) is 36.4 Å². The molecule has 1 nitrogen and oxygen atoms in total. The molecule has 1 aliphatic rings. The number of hydrogen-bond donors (Lipinski definition) is 0. The van der Waals surface area contributed by atoms with E-state index >= 15 is 0 Å². The van der Waals surface area contributed by atoms with Crippen molar-refractivity contribution in [1.82, 2.24) is 0 Å². The molecule has 4 heteroatoms. The van der Waals surface area contributed by atoms with Crippen LogP contribution in [0.25, 0.3) is 0 Å². The number of anilines is 2. The van der Waals surface area contributed by atoms with Crippen molar-refractivity contribution >= 4 is 64.3 Å². The van der Waals surface area contributed by atoms with Gasteiger partial charge in [-0.1, -0.05) is 0 Å². The van der Waals surface area contributed by atoms with E-state index < -0.39 is 0 Å². The van der Waals surface area contributed by atoms with Crippen LogP contribution in [-0.4, -0.2) is 28.0 Å². The second-order valence-electron chi connectivity index (χ2n) is 4.60. The molecule has 0 saturated heterocycles. The first kappa shape index (κ1) is 16.7. The number of fused-ring (bicyclic) bond motifs is 2. The molecule has 102 valence electrons. The van der Waals surface area contributed by atoms with Gasteiger partial charge >= 0.3 is 113 Å². The van der Waals surface area contributed by atoms with Crippen molar-refractivity contribution in [3.63, 3.8) is 0 Å². The molecule has 0 aliphatic carbocycles. The fraction of sp³-hybridized carbons (Fsp3) is 0.200. The van der Waals surface area contributed by atoms with Crippen LogP contribution < -0.4 is 12.1 Å². The molecule has 0 bridgehead atoms. The van der Waals surface area contributed by atoms with Gasteiger partial charge in [0.1, 0.15) is 0 Å². The summed E-state index contributed by atoms with van der Waals surface area (Å²) in [5, 5.41) is 0. The SMILES string of the molecule is Cc1ccc2c(c1)[Te]c1cc(C)ccc1N2C.Cl.Cl. The van der Waals surface area contributed by atoms with E-state index in [1.54, 1.807) is 7.22 Å². The van der Waals surface area contributed by atoms with E-state index in [4.69, 9.17) is 0 Å². The van der Waals surface area contributed by atoms with Gasteiger partial charge in [-0.15, -0.1) is 24.8 Å². The molecule has 0 saturated carbocycles. The van der Waals surface area contributed by atoms with E-state index in [0.717, 1.165) is 0 Å². The Morgan fingerprint density at radius 3 is 1.63 bits per heavy atom. The van der Waals surface area contributed by atoms with E-state index in [2.05, 4.69) is 62.2 Å². The van der Waals surface area contributed by atoms with Gasteiger partial charge in [0, 0.05) is 0 Å². The quantitative estimate of drug-likeness (QED) is 0.605. The van der Waals surface area contributed by atoms with Crippen molar-refractivity contribution in [3.05, 3.63) is 47.5 Å². The fourth-order valence-electron chi connectivity index (χ4n) is 2.21.